The van der Waals surface area contributed by atoms with Gasteiger partial charge in [0.1, 0.15) is 5.52 Å². The van der Waals surface area contributed by atoms with Crippen LogP contribution in [0.3, 0.4) is 0 Å². The average Bonchev–Trinajstić information content (AvgIpc) is 2.68. The summed E-state index contributed by atoms with van der Waals surface area (Å²) in [7, 11) is 0. The zero-order chi connectivity index (χ0) is 20.6. The van der Waals surface area contributed by atoms with Crippen molar-refractivity contribution in [1.29, 1.82) is 0 Å². The third kappa shape index (κ3) is 6.04. The van der Waals surface area contributed by atoms with Crippen LogP contribution in [0.4, 0.5) is 11.8 Å². The molecule has 0 aliphatic heterocycles. The van der Waals surface area contributed by atoms with Crippen LogP contribution in [0.25, 0.3) is 11.0 Å². The molecule has 2 aromatic heterocycles. The maximum Gasteiger partial charge on any atom is 0.222 e. The van der Waals surface area contributed by atoms with Crippen molar-refractivity contribution in [2.24, 2.45) is 5.92 Å². The summed E-state index contributed by atoms with van der Waals surface area (Å²) in [6, 6.07) is 3.69. The molecule has 2 aromatic rings. The summed E-state index contributed by atoms with van der Waals surface area (Å²) in [6.45, 7) is 8.91. The topological polar surface area (TPSA) is 106 Å². The third-order valence-electron chi connectivity index (χ3n) is 5.07. The summed E-state index contributed by atoms with van der Waals surface area (Å²) in [5, 5.41) is 6.63. The number of aromatic nitrogens is 3. The first-order chi connectivity index (χ1) is 13.4. The maximum absolute atomic E-state index is 12.5. The number of nitrogens with one attached hydrogen (secondary N) is 2. The number of anilines is 2. The molecule has 154 valence electrons. The third-order valence-corrected chi connectivity index (χ3v) is 5.07. The fraction of sp³-hybridized carbons (Fsp3) is 0.619. The van der Waals surface area contributed by atoms with Crippen molar-refractivity contribution >= 4 is 28.7 Å². The second kappa shape index (κ2) is 10.2. The Morgan fingerprint density at radius 3 is 2.71 bits per heavy atom. The Kier molecular flexibility index (Phi) is 7.96. The summed E-state index contributed by atoms with van der Waals surface area (Å²) in [6.07, 6.45) is 7.80. The molecule has 0 saturated carbocycles. The van der Waals surface area contributed by atoms with Crippen molar-refractivity contribution in [3.8, 4) is 0 Å². The van der Waals surface area contributed by atoms with Gasteiger partial charge in [-0.1, -0.05) is 46.5 Å². The highest BCUT2D eigenvalue weighted by molar-refractivity contribution is 5.86. The van der Waals surface area contributed by atoms with Gasteiger partial charge in [-0.2, -0.15) is 4.98 Å². The van der Waals surface area contributed by atoms with E-state index in [9.17, 15) is 4.79 Å². The molecule has 0 bridgehead atoms. The van der Waals surface area contributed by atoms with Crippen molar-refractivity contribution in [1.82, 2.24) is 20.3 Å². The van der Waals surface area contributed by atoms with Gasteiger partial charge in [-0.05, 0) is 31.9 Å². The molecule has 2 heterocycles. The van der Waals surface area contributed by atoms with Crippen molar-refractivity contribution < 1.29 is 4.79 Å². The molecule has 0 aromatic carbocycles. The first kappa shape index (κ1) is 21.9. The first-order valence-corrected chi connectivity index (χ1v) is 10.3. The van der Waals surface area contributed by atoms with Gasteiger partial charge >= 0.3 is 0 Å². The molecule has 0 fully saturated rings. The quantitative estimate of drug-likeness (QED) is 0.541. The standard InChI is InChI=1S/C21H34N6O/c1-5-7-10-15(3)19(28)24-14-21(4,12-8-6-2)27-18-17-16(11-9-13-23-17)25-20(22)26-18/h9,11,13,15H,5-8,10,12,14H2,1-4H3,(H,24,28)(H3,22,25,26,27)/t15-,21?/m0/s1. The van der Waals surface area contributed by atoms with Gasteiger partial charge in [0.05, 0.1) is 11.1 Å². The molecule has 28 heavy (non-hydrogen) atoms. The highest BCUT2D eigenvalue weighted by Crippen LogP contribution is 2.25. The molecule has 0 spiro atoms. The van der Waals surface area contributed by atoms with Crippen molar-refractivity contribution in [2.45, 2.75) is 71.8 Å². The molecule has 1 unspecified atom stereocenters. The van der Waals surface area contributed by atoms with E-state index in [1.54, 1.807) is 6.20 Å². The first-order valence-electron chi connectivity index (χ1n) is 10.3. The van der Waals surface area contributed by atoms with E-state index in [1.807, 2.05) is 19.1 Å². The monoisotopic (exact) mass is 386 g/mol. The van der Waals surface area contributed by atoms with E-state index in [4.69, 9.17) is 5.73 Å². The van der Waals surface area contributed by atoms with Crippen LogP contribution in [-0.4, -0.2) is 32.9 Å². The number of nitrogens with two attached hydrogens (primary N) is 1. The van der Waals surface area contributed by atoms with Crippen molar-refractivity contribution in [2.75, 3.05) is 17.6 Å². The van der Waals surface area contributed by atoms with Crippen LogP contribution >= 0.6 is 0 Å². The Hall–Kier alpha value is -2.44. The minimum absolute atomic E-state index is 0.0209. The second-order valence-corrected chi connectivity index (χ2v) is 7.85. The van der Waals surface area contributed by atoms with Crippen molar-refractivity contribution in [3.63, 3.8) is 0 Å². The highest BCUT2D eigenvalue weighted by atomic mass is 16.1. The van der Waals surface area contributed by atoms with E-state index in [0.29, 0.717) is 23.4 Å². The van der Waals surface area contributed by atoms with E-state index in [1.165, 1.54) is 0 Å². The smallest absolute Gasteiger partial charge is 0.222 e. The van der Waals surface area contributed by atoms with Gasteiger partial charge < -0.3 is 16.4 Å². The Morgan fingerprint density at radius 2 is 2.00 bits per heavy atom. The summed E-state index contributed by atoms with van der Waals surface area (Å²) >= 11 is 0. The maximum atomic E-state index is 12.5. The number of nitrogens with zero attached hydrogens (tertiary/aromatic N) is 3. The predicted octanol–water partition coefficient (Wildman–Crippen LogP) is 3.91. The number of fused-ring (bicyclic) bond motifs is 1. The van der Waals surface area contributed by atoms with Crippen molar-refractivity contribution in [3.05, 3.63) is 18.3 Å². The van der Waals surface area contributed by atoms with Gasteiger partial charge in [0.2, 0.25) is 11.9 Å². The van der Waals surface area contributed by atoms with E-state index in [2.05, 4.69) is 46.4 Å². The number of carbonyl (C=O) groups excluding carboxylic acids is 1. The van der Waals surface area contributed by atoms with Gasteiger partial charge in [-0.25, -0.2) is 4.98 Å². The molecular formula is C21H34N6O. The van der Waals surface area contributed by atoms with E-state index in [0.717, 1.165) is 38.5 Å². The van der Waals surface area contributed by atoms with Crippen LogP contribution in [0.2, 0.25) is 0 Å². The Bertz CT molecular complexity index is 781. The molecule has 0 aliphatic carbocycles. The van der Waals surface area contributed by atoms with Crippen LogP contribution < -0.4 is 16.4 Å². The largest absolute Gasteiger partial charge is 0.368 e. The van der Waals surface area contributed by atoms with E-state index >= 15 is 0 Å². The lowest BCUT2D eigenvalue weighted by Crippen LogP contribution is -2.48. The Morgan fingerprint density at radius 1 is 1.25 bits per heavy atom. The molecule has 4 N–H and O–H groups in total. The normalized spacial score (nSPS) is 14.4. The molecule has 7 nitrogen and oxygen atoms in total. The van der Waals surface area contributed by atoms with Crippen LogP contribution in [0.1, 0.15) is 66.2 Å². The fourth-order valence-electron chi connectivity index (χ4n) is 3.22. The lowest BCUT2D eigenvalue weighted by Gasteiger charge is -2.32. The Balaban J connectivity index is 2.17. The SMILES string of the molecule is CCCC[C@H](C)C(=O)NCC(C)(CCCC)Nc1nc(N)nc2cccnc12. The van der Waals surface area contributed by atoms with Crippen LogP contribution in [-0.2, 0) is 4.79 Å². The number of nitrogen functional groups attached to an aromatic ring is 1. The number of pyridine rings is 1. The summed E-state index contributed by atoms with van der Waals surface area (Å²) < 4.78 is 0. The lowest BCUT2D eigenvalue weighted by molar-refractivity contribution is -0.124. The molecule has 0 saturated heterocycles. The summed E-state index contributed by atoms with van der Waals surface area (Å²) in [4.78, 5) is 25.5. The number of rotatable bonds is 11. The predicted molar refractivity (Wildman–Crippen MR) is 115 cm³/mol. The van der Waals surface area contributed by atoms with Gasteiger partial charge in [0, 0.05) is 18.7 Å². The highest BCUT2D eigenvalue weighted by Gasteiger charge is 2.27. The summed E-state index contributed by atoms with van der Waals surface area (Å²) in [5.41, 5.74) is 6.92. The Labute approximate surface area is 167 Å². The lowest BCUT2D eigenvalue weighted by atomic mass is 9.94. The van der Waals surface area contributed by atoms with Gasteiger partial charge in [-0.3, -0.25) is 9.78 Å². The molecule has 0 radical (unpaired) electrons. The van der Waals surface area contributed by atoms with Gasteiger partial charge in [0.15, 0.2) is 5.82 Å². The molecule has 7 heteroatoms. The minimum Gasteiger partial charge on any atom is -0.368 e. The molecule has 2 rings (SSSR count). The van der Waals surface area contributed by atoms with Gasteiger partial charge in [0.25, 0.3) is 0 Å². The van der Waals surface area contributed by atoms with Gasteiger partial charge in [-0.15, -0.1) is 0 Å². The summed E-state index contributed by atoms with van der Waals surface area (Å²) in [5.74, 6) is 0.934. The number of hydrogen-bond donors (Lipinski definition) is 3. The van der Waals surface area contributed by atoms with E-state index < -0.39 is 0 Å². The minimum atomic E-state index is -0.360. The van der Waals surface area contributed by atoms with E-state index in [-0.39, 0.29) is 23.3 Å². The number of hydrogen-bond acceptors (Lipinski definition) is 6. The number of amides is 1. The molecule has 1 amide bonds. The molecule has 0 aliphatic rings. The van der Waals surface area contributed by atoms with Crippen LogP contribution in [0, 0.1) is 5.92 Å². The zero-order valence-electron chi connectivity index (χ0n) is 17.6. The second-order valence-electron chi connectivity index (χ2n) is 7.85. The molecule has 2 atom stereocenters. The fourth-order valence-corrected chi connectivity index (χ4v) is 3.22. The van der Waals surface area contributed by atoms with Crippen LogP contribution in [0.15, 0.2) is 18.3 Å². The average molecular weight is 387 g/mol. The zero-order valence-corrected chi connectivity index (χ0v) is 17.6. The number of carbonyl (C=O) groups is 1. The van der Waals surface area contributed by atoms with Crippen LogP contribution in [0.5, 0.6) is 0 Å². The number of unbranched alkanes of at least 4 members (excludes halogenated alkanes) is 2. The molecular weight excluding hydrogens is 352 g/mol.